The molecule has 0 aliphatic heterocycles. The second kappa shape index (κ2) is 6.06. The maximum atomic E-state index is 12.2. The number of ether oxygens (including phenoxy) is 2. The summed E-state index contributed by atoms with van der Waals surface area (Å²) in [6, 6.07) is 10.5. The highest BCUT2D eigenvalue weighted by Crippen LogP contribution is 2.25. The topological polar surface area (TPSA) is 60.5 Å². The molecule has 0 aliphatic rings. The number of nitrogens with zero attached hydrogens (tertiary/aromatic N) is 1. The summed E-state index contributed by atoms with van der Waals surface area (Å²) in [4.78, 5) is 16.5. The Bertz CT molecular complexity index is 626. The van der Waals surface area contributed by atoms with Gasteiger partial charge in [0.25, 0.3) is 5.91 Å². The van der Waals surface area contributed by atoms with Crippen LogP contribution < -0.4 is 14.8 Å². The fourth-order valence-corrected chi connectivity index (χ4v) is 1.78. The van der Waals surface area contributed by atoms with Crippen molar-refractivity contribution in [3.8, 4) is 11.5 Å². The van der Waals surface area contributed by atoms with Crippen LogP contribution in [0.25, 0.3) is 0 Å². The Hall–Kier alpha value is -2.56. The fourth-order valence-electron chi connectivity index (χ4n) is 1.78. The first-order chi connectivity index (χ1) is 9.63. The molecule has 0 fully saturated rings. The van der Waals surface area contributed by atoms with Crippen LogP contribution in [0.5, 0.6) is 11.5 Å². The molecule has 1 heterocycles. The van der Waals surface area contributed by atoms with Crippen molar-refractivity contribution >= 4 is 11.7 Å². The van der Waals surface area contributed by atoms with E-state index in [2.05, 4.69) is 10.3 Å². The maximum absolute atomic E-state index is 12.2. The molecule has 0 aliphatic carbocycles. The molecule has 5 heteroatoms. The lowest BCUT2D eigenvalue weighted by Crippen LogP contribution is -2.14. The molecule has 0 saturated heterocycles. The second-order valence-electron chi connectivity index (χ2n) is 4.18. The Kier molecular flexibility index (Phi) is 4.20. The third-order valence-corrected chi connectivity index (χ3v) is 2.78. The minimum atomic E-state index is -0.275. The van der Waals surface area contributed by atoms with E-state index in [0.29, 0.717) is 22.9 Å². The number of aryl methyl sites for hydroxylation is 1. The summed E-state index contributed by atoms with van der Waals surface area (Å²) in [5.41, 5.74) is 1.26. The van der Waals surface area contributed by atoms with E-state index in [4.69, 9.17) is 9.47 Å². The molecule has 0 bridgehead atoms. The number of amides is 1. The summed E-state index contributed by atoms with van der Waals surface area (Å²) >= 11 is 0. The Balaban J connectivity index is 2.25. The predicted octanol–water partition coefficient (Wildman–Crippen LogP) is 2.66. The number of benzene rings is 1. The van der Waals surface area contributed by atoms with Gasteiger partial charge in [-0.05, 0) is 31.2 Å². The zero-order valence-corrected chi connectivity index (χ0v) is 11.6. The van der Waals surface area contributed by atoms with Crippen LogP contribution in [0.2, 0.25) is 0 Å². The molecule has 0 atom stereocenters. The monoisotopic (exact) mass is 272 g/mol. The van der Waals surface area contributed by atoms with Crippen molar-refractivity contribution in [2.45, 2.75) is 6.92 Å². The number of anilines is 1. The number of pyridine rings is 1. The minimum Gasteiger partial charge on any atom is -0.497 e. The highest BCUT2D eigenvalue weighted by Gasteiger charge is 2.13. The lowest BCUT2D eigenvalue weighted by molar-refractivity contribution is 0.102. The van der Waals surface area contributed by atoms with Crippen molar-refractivity contribution in [2.75, 3.05) is 19.5 Å². The Morgan fingerprint density at radius 2 is 1.95 bits per heavy atom. The molecule has 104 valence electrons. The van der Waals surface area contributed by atoms with Gasteiger partial charge in [-0.2, -0.15) is 0 Å². The largest absolute Gasteiger partial charge is 0.497 e. The molecular formula is C15H16N2O3. The number of aromatic nitrogens is 1. The van der Waals surface area contributed by atoms with E-state index in [1.165, 1.54) is 7.11 Å². The van der Waals surface area contributed by atoms with Gasteiger partial charge in [-0.3, -0.25) is 4.79 Å². The van der Waals surface area contributed by atoms with Gasteiger partial charge >= 0.3 is 0 Å². The highest BCUT2D eigenvalue weighted by molar-refractivity contribution is 6.05. The number of nitrogens with one attached hydrogen (secondary N) is 1. The number of hydrogen-bond donors (Lipinski definition) is 1. The average molecular weight is 272 g/mol. The highest BCUT2D eigenvalue weighted by atomic mass is 16.5. The van der Waals surface area contributed by atoms with Crippen molar-refractivity contribution in [1.82, 2.24) is 4.98 Å². The minimum absolute atomic E-state index is 0.275. The standard InChI is InChI=1S/C15H16N2O3/c1-10-5-4-6-14(16-10)17-15(18)12-8-7-11(19-2)9-13(12)20-3/h4-9H,1-3H3,(H,16,17,18). The van der Waals surface area contributed by atoms with E-state index in [1.807, 2.05) is 19.1 Å². The van der Waals surface area contributed by atoms with Gasteiger partial charge in [0, 0.05) is 11.8 Å². The molecule has 1 N–H and O–H groups in total. The molecule has 1 aromatic heterocycles. The summed E-state index contributed by atoms with van der Waals surface area (Å²) in [5, 5.41) is 2.74. The molecule has 2 aromatic rings. The van der Waals surface area contributed by atoms with Crippen LogP contribution >= 0.6 is 0 Å². The van der Waals surface area contributed by atoms with E-state index >= 15 is 0 Å². The first-order valence-electron chi connectivity index (χ1n) is 6.11. The molecule has 1 amide bonds. The van der Waals surface area contributed by atoms with E-state index in [1.54, 1.807) is 31.4 Å². The Labute approximate surface area is 117 Å². The normalized spacial score (nSPS) is 9.95. The van der Waals surface area contributed by atoms with Gasteiger partial charge in [-0.25, -0.2) is 4.98 Å². The maximum Gasteiger partial charge on any atom is 0.260 e. The van der Waals surface area contributed by atoms with Gasteiger partial charge in [-0.15, -0.1) is 0 Å². The summed E-state index contributed by atoms with van der Waals surface area (Å²) < 4.78 is 10.3. The summed E-state index contributed by atoms with van der Waals surface area (Å²) in [6.45, 7) is 1.86. The first kappa shape index (κ1) is 13.9. The van der Waals surface area contributed by atoms with E-state index in [0.717, 1.165) is 5.69 Å². The lowest BCUT2D eigenvalue weighted by atomic mass is 10.1. The second-order valence-corrected chi connectivity index (χ2v) is 4.18. The number of rotatable bonds is 4. The Morgan fingerprint density at radius 3 is 2.60 bits per heavy atom. The van der Waals surface area contributed by atoms with Crippen molar-refractivity contribution in [3.05, 3.63) is 47.7 Å². The molecule has 0 unspecified atom stereocenters. The fraction of sp³-hybridized carbons (Fsp3) is 0.200. The molecule has 20 heavy (non-hydrogen) atoms. The number of methoxy groups -OCH3 is 2. The lowest BCUT2D eigenvalue weighted by Gasteiger charge is -2.10. The van der Waals surface area contributed by atoms with Gasteiger partial charge in [0.05, 0.1) is 19.8 Å². The van der Waals surface area contributed by atoms with Crippen molar-refractivity contribution in [1.29, 1.82) is 0 Å². The van der Waals surface area contributed by atoms with Gasteiger partial charge in [0.15, 0.2) is 0 Å². The van der Waals surface area contributed by atoms with Gasteiger partial charge in [0.2, 0.25) is 0 Å². The van der Waals surface area contributed by atoms with Crippen LogP contribution in [-0.2, 0) is 0 Å². The Morgan fingerprint density at radius 1 is 1.15 bits per heavy atom. The third kappa shape index (κ3) is 3.06. The van der Waals surface area contributed by atoms with Crippen LogP contribution in [0.4, 0.5) is 5.82 Å². The zero-order chi connectivity index (χ0) is 14.5. The van der Waals surface area contributed by atoms with Crippen LogP contribution in [0.3, 0.4) is 0 Å². The van der Waals surface area contributed by atoms with Gasteiger partial charge in [-0.1, -0.05) is 6.07 Å². The molecule has 0 saturated carbocycles. The molecule has 0 spiro atoms. The van der Waals surface area contributed by atoms with Crippen LogP contribution in [0, 0.1) is 6.92 Å². The van der Waals surface area contributed by atoms with E-state index in [-0.39, 0.29) is 5.91 Å². The molecule has 5 nitrogen and oxygen atoms in total. The predicted molar refractivity (Wildman–Crippen MR) is 76.5 cm³/mol. The third-order valence-electron chi connectivity index (χ3n) is 2.78. The number of hydrogen-bond acceptors (Lipinski definition) is 4. The van der Waals surface area contributed by atoms with Crippen LogP contribution in [-0.4, -0.2) is 25.1 Å². The van der Waals surface area contributed by atoms with Gasteiger partial charge in [0.1, 0.15) is 17.3 Å². The SMILES string of the molecule is COc1ccc(C(=O)Nc2cccc(C)n2)c(OC)c1. The smallest absolute Gasteiger partial charge is 0.260 e. The summed E-state index contributed by atoms with van der Waals surface area (Å²) in [6.07, 6.45) is 0. The molecular weight excluding hydrogens is 256 g/mol. The molecule has 1 aromatic carbocycles. The van der Waals surface area contributed by atoms with Crippen LogP contribution in [0.1, 0.15) is 16.1 Å². The zero-order valence-electron chi connectivity index (χ0n) is 11.6. The summed E-state index contributed by atoms with van der Waals surface area (Å²) in [7, 11) is 3.07. The van der Waals surface area contributed by atoms with Crippen molar-refractivity contribution < 1.29 is 14.3 Å². The molecule has 0 radical (unpaired) electrons. The van der Waals surface area contributed by atoms with Gasteiger partial charge < -0.3 is 14.8 Å². The number of carbonyl (C=O) groups excluding carboxylic acids is 1. The number of carbonyl (C=O) groups is 1. The van der Waals surface area contributed by atoms with Crippen LogP contribution in [0.15, 0.2) is 36.4 Å². The van der Waals surface area contributed by atoms with E-state index < -0.39 is 0 Å². The van der Waals surface area contributed by atoms with Crippen molar-refractivity contribution in [2.24, 2.45) is 0 Å². The quantitative estimate of drug-likeness (QED) is 0.929. The van der Waals surface area contributed by atoms with Crippen molar-refractivity contribution in [3.63, 3.8) is 0 Å². The summed E-state index contributed by atoms with van der Waals surface area (Å²) in [5.74, 6) is 1.32. The van der Waals surface area contributed by atoms with E-state index in [9.17, 15) is 4.79 Å². The first-order valence-corrected chi connectivity index (χ1v) is 6.11. The molecule has 2 rings (SSSR count). The average Bonchev–Trinajstić information content (AvgIpc) is 2.46.